The molecule has 0 saturated carbocycles. The number of benzene rings is 1. The molecule has 1 unspecified atom stereocenters. The second-order valence-electron chi connectivity index (χ2n) is 5.67. The zero-order valence-corrected chi connectivity index (χ0v) is 13.3. The molecule has 23 heavy (non-hydrogen) atoms. The highest BCUT2D eigenvalue weighted by molar-refractivity contribution is 5.97. The minimum absolute atomic E-state index is 0.0986. The zero-order chi connectivity index (χ0) is 17.0. The summed E-state index contributed by atoms with van der Waals surface area (Å²) in [5.74, 6) is -0.723. The van der Waals surface area contributed by atoms with Crippen molar-refractivity contribution in [1.82, 2.24) is 9.80 Å². The van der Waals surface area contributed by atoms with E-state index in [1.807, 2.05) is 0 Å². The van der Waals surface area contributed by atoms with Gasteiger partial charge in [-0.25, -0.2) is 4.39 Å². The molecule has 0 radical (unpaired) electrons. The van der Waals surface area contributed by atoms with E-state index < -0.39 is 6.10 Å². The van der Waals surface area contributed by atoms with Crippen molar-refractivity contribution < 1.29 is 19.1 Å². The van der Waals surface area contributed by atoms with Crippen molar-refractivity contribution >= 4 is 17.9 Å². The second-order valence-corrected chi connectivity index (χ2v) is 5.67. The smallest absolute Gasteiger partial charge is 0.251 e. The molecule has 1 fully saturated rings. The Labute approximate surface area is 135 Å². The molecule has 1 aromatic carbocycles. The summed E-state index contributed by atoms with van der Waals surface area (Å²) in [6, 6.07) is 5.94. The highest BCUT2D eigenvalue weighted by Gasteiger charge is 2.26. The lowest BCUT2D eigenvalue weighted by atomic mass is 10.1. The average molecular weight is 320 g/mol. The van der Waals surface area contributed by atoms with Crippen molar-refractivity contribution in [3.05, 3.63) is 41.2 Å². The van der Waals surface area contributed by atoms with Crippen LogP contribution in [-0.2, 0) is 9.59 Å². The van der Waals surface area contributed by atoms with E-state index in [4.69, 9.17) is 0 Å². The Kier molecular flexibility index (Phi) is 5.50. The molecule has 124 valence electrons. The lowest BCUT2D eigenvalue weighted by molar-refractivity contribution is -0.143. The van der Waals surface area contributed by atoms with Crippen LogP contribution >= 0.6 is 0 Å². The van der Waals surface area contributed by atoms with E-state index in [1.54, 1.807) is 34.9 Å². The second kappa shape index (κ2) is 7.37. The number of amides is 2. The number of nitrogens with zero attached hydrogens (tertiary/aromatic N) is 2. The maximum Gasteiger partial charge on any atom is 0.251 e. The minimum Gasteiger partial charge on any atom is -0.384 e. The van der Waals surface area contributed by atoms with Crippen molar-refractivity contribution in [2.24, 2.45) is 0 Å². The third-order valence-electron chi connectivity index (χ3n) is 3.83. The van der Waals surface area contributed by atoms with Crippen LogP contribution < -0.4 is 0 Å². The van der Waals surface area contributed by atoms with E-state index in [-0.39, 0.29) is 17.6 Å². The van der Waals surface area contributed by atoms with Crippen LogP contribution in [0.25, 0.3) is 6.08 Å². The molecule has 6 heteroatoms. The first-order valence-corrected chi connectivity index (χ1v) is 7.58. The molecule has 2 amide bonds. The third-order valence-corrected chi connectivity index (χ3v) is 3.83. The van der Waals surface area contributed by atoms with E-state index in [1.165, 1.54) is 19.1 Å². The molecule has 5 nitrogen and oxygen atoms in total. The minimum atomic E-state index is -1.02. The molecule has 1 heterocycles. The lowest BCUT2D eigenvalue weighted by Crippen LogP contribution is -2.52. The Morgan fingerprint density at radius 3 is 2.17 bits per heavy atom. The number of aliphatic hydroxyl groups excluding tert-OH is 1. The van der Waals surface area contributed by atoms with Gasteiger partial charge in [0.25, 0.3) is 5.91 Å². The number of carbonyl (C=O) groups excluding carboxylic acids is 2. The SMILES string of the molecule is C/C(=C\c1ccc(F)cc1)C(=O)N1CCN(C(=O)C(C)O)CC1. The molecule has 1 aromatic rings. The van der Waals surface area contributed by atoms with Crippen LogP contribution in [0.4, 0.5) is 4.39 Å². The summed E-state index contributed by atoms with van der Waals surface area (Å²) >= 11 is 0. The molecular formula is C17H21FN2O3. The van der Waals surface area contributed by atoms with Gasteiger partial charge in [0.1, 0.15) is 11.9 Å². The van der Waals surface area contributed by atoms with Gasteiger partial charge in [0.15, 0.2) is 0 Å². The first-order chi connectivity index (χ1) is 10.9. The topological polar surface area (TPSA) is 60.9 Å². The third kappa shape index (κ3) is 4.39. The maximum absolute atomic E-state index is 12.9. The van der Waals surface area contributed by atoms with Gasteiger partial charge in [-0.1, -0.05) is 12.1 Å². The summed E-state index contributed by atoms with van der Waals surface area (Å²) in [4.78, 5) is 27.4. The number of carbonyl (C=O) groups is 2. The summed E-state index contributed by atoms with van der Waals surface area (Å²) in [6.45, 7) is 4.87. The standard InChI is InChI=1S/C17H21FN2O3/c1-12(11-14-3-5-15(18)6-4-14)16(22)19-7-9-20(10-8-19)17(23)13(2)21/h3-6,11,13,21H,7-10H2,1-2H3/b12-11+. The molecule has 1 atom stereocenters. The quantitative estimate of drug-likeness (QED) is 0.854. The Morgan fingerprint density at radius 1 is 1.13 bits per heavy atom. The van der Waals surface area contributed by atoms with Gasteiger partial charge in [-0.15, -0.1) is 0 Å². The number of aliphatic hydroxyl groups is 1. The Bertz CT molecular complexity index is 603. The fourth-order valence-electron chi connectivity index (χ4n) is 2.51. The van der Waals surface area contributed by atoms with Crippen molar-refractivity contribution in [1.29, 1.82) is 0 Å². The molecule has 0 bridgehead atoms. The number of hydrogen-bond acceptors (Lipinski definition) is 3. The van der Waals surface area contributed by atoms with Crippen LogP contribution in [0.1, 0.15) is 19.4 Å². The fraction of sp³-hybridized carbons (Fsp3) is 0.412. The highest BCUT2D eigenvalue weighted by Crippen LogP contribution is 2.12. The summed E-state index contributed by atoms with van der Waals surface area (Å²) in [7, 11) is 0. The summed E-state index contributed by atoms with van der Waals surface area (Å²) in [5.41, 5.74) is 1.33. The van der Waals surface area contributed by atoms with E-state index in [0.29, 0.717) is 31.8 Å². The summed E-state index contributed by atoms with van der Waals surface area (Å²) in [6.07, 6.45) is 0.701. The van der Waals surface area contributed by atoms with Crippen molar-refractivity contribution in [2.45, 2.75) is 20.0 Å². The lowest BCUT2D eigenvalue weighted by Gasteiger charge is -2.35. The number of piperazine rings is 1. The van der Waals surface area contributed by atoms with Crippen LogP contribution in [-0.4, -0.2) is 59.0 Å². The van der Waals surface area contributed by atoms with Crippen molar-refractivity contribution in [2.75, 3.05) is 26.2 Å². The van der Waals surface area contributed by atoms with Crippen LogP contribution in [0.5, 0.6) is 0 Å². The predicted molar refractivity (Wildman–Crippen MR) is 84.9 cm³/mol. The van der Waals surface area contributed by atoms with Crippen LogP contribution in [0.3, 0.4) is 0 Å². The molecule has 1 N–H and O–H groups in total. The zero-order valence-electron chi connectivity index (χ0n) is 13.3. The van der Waals surface area contributed by atoms with E-state index in [0.717, 1.165) is 5.56 Å². The molecule has 1 aliphatic heterocycles. The van der Waals surface area contributed by atoms with Gasteiger partial charge in [0, 0.05) is 31.8 Å². The van der Waals surface area contributed by atoms with Crippen molar-refractivity contribution in [3.63, 3.8) is 0 Å². The molecular weight excluding hydrogens is 299 g/mol. The van der Waals surface area contributed by atoms with Crippen LogP contribution in [0.15, 0.2) is 29.8 Å². The van der Waals surface area contributed by atoms with Gasteiger partial charge in [0.05, 0.1) is 0 Å². The maximum atomic E-state index is 12.9. The Balaban J connectivity index is 1.96. The van der Waals surface area contributed by atoms with Gasteiger partial charge in [-0.2, -0.15) is 0 Å². The van der Waals surface area contributed by atoms with Crippen molar-refractivity contribution in [3.8, 4) is 0 Å². The molecule has 0 aromatic heterocycles. The van der Waals surface area contributed by atoms with Gasteiger partial charge >= 0.3 is 0 Å². The number of halogens is 1. The predicted octanol–water partition coefficient (Wildman–Crippen LogP) is 1.28. The monoisotopic (exact) mass is 320 g/mol. The number of hydrogen-bond donors (Lipinski definition) is 1. The Hall–Kier alpha value is -2.21. The average Bonchev–Trinajstić information content (AvgIpc) is 2.55. The fourth-order valence-corrected chi connectivity index (χ4v) is 2.51. The van der Waals surface area contributed by atoms with Crippen LogP contribution in [0.2, 0.25) is 0 Å². The first-order valence-electron chi connectivity index (χ1n) is 7.58. The van der Waals surface area contributed by atoms with E-state index in [9.17, 15) is 19.1 Å². The Morgan fingerprint density at radius 2 is 1.65 bits per heavy atom. The summed E-state index contributed by atoms with van der Waals surface area (Å²) < 4.78 is 12.9. The van der Waals surface area contributed by atoms with Crippen LogP contribution in [0, 0.1) is 5.82 Å². The van der Waals surface area contributed by atoms with Gasteiger partial charge in [-0.3, -0.25) is 9.59 Å². The highest BCUT2D eigenvalue weighted by atomic mass is 19.1. The number of rotatable bonds is 3. The normalized spacial score (nSPS) is 17.1. The van der Waals surface area contributed by atoms with E-state index >= 15 is 0 Å². The summed E-state index contributed by atoms with van der Waals surface area (Å²) in [5, 5.41) is 9.31. The van der Waals surface area contributed by atoms with Gasteiger partial charge < -0.3 is 14.9 Å². The van der Waals surface area contributed by atoms with Gasteiger partial charge in [0.2, 0.25) is 5.91 Å². The van der Waals surface area contributed by atoms with Gasteiger partial charge in [-0.05, 0) is 37.6 Å². The molecule has 1 saturated heterocycles. The molecule has 0 spiro atoms. The first kappa shape index (κ1) is 17.1. The molecule has 2 rings (SSSR count). The largest absolute Gasteiger partial charge is 0.384 e. The molecule has 1 aliphatic rings. The molecule has 0 aliphatic carbocycles. The van der Waals surface area contributed by atoms with E-state index in [2.05, 4.69) is 0 Å².